The Balaban J connectivity index is 1.66. The molecule has 3 heteroatoms. The molecule has 0 aromatic heterocycles. The van der Waals surface area contributed by atoms with Crippen molar-refractivity contribution in [3.05, 3.63) is 0 Å². The average Bonchev–Trinajstić information content (AvgIpc) is 2.98. The fraction of sp³-hybridized carbons (Fsp3) is 1.00. The van der Waals surface area contributed by atoms with Gasteiger partial charge in [-0.1, -0.05) is 26.2 Å². The minimum Gasteiger partial charge on any atom is -0.321 e. The van der Waals surface area contributed by atoms with Crippen LogP contribution >= 0.6 is 0 Å². The Morgan fingerprint density at radius 2 is 1.60 bits per heavy atom. The molecule has 1 heterocycles. The summed E-state index contributed by atoms with van der Waals surface area (Å²) in [6, 6.07) is 1.80. The van der Waals surface area contributed by atoms with Crippen LogP contribution in [-0.2, 0) is 0 Å². The van der Waals surface area contributed by atoms with E-state index in [1.54, 1.807) is 6.42 Å². The van der Waals surface area contributed by atoms with E-state index in [2.05, 4.69) is 50.3 Å². The van der Waals surface area contributed by atoms with Gasteiger partial charge in [-0.3, -0.25) is 0 Å². The maximum absolute atomic E-state index is 4.14. The molecular formula is C22H42N2Si. The highest BCUT2D eigenvalue weighted by atomic mass is 28.3. The van der Waals surface area contributed by atoms with E-state index in [1.807, 2.05) is 0 Å². The number of hydrogen-bond acceptors (Lipinski definition) is 2. The Kier molecular flexibility index (Phi) is 4.69. The van der Waals surface area contributed by atoms with Crippen LogP contribution < -0.4 is 4.98 Å². The van der Waals surface area contributed by atoms with E-state index in [-0.39, 0.29) is 5.54 Å². The van der Waals surface area contributed by atoms with Crippen LogP contribution in [0.3, 0.4) is 0 Å². The Labute approximate surface area is 157 Å². The highest BCUT2D eigenvalue weighted by Crippen LogP contribution is 2.59. The topological polar surface area (TPSA) is 15.3 Å². The minimum atomic E-state index is -1.60. The molecule has 1 N–H and O–H groups in total. The molecule has 4 aliphatic rings. The van der Waals surface area contributed by atoms with Gasteiger partial charge in [0.25, 0.3) is 0 Å². The van der Waals surface area contributed by atoms with Crippen LogP contribution in [-0.4, -0.2) is 30.6 Å². The van der Waals surface area contributed by atoms with Crippen LogP contribution in [0.25, 0.3) is 0 Å². The predicted octanol–water partition coefficient (Wildman–Crippen LogP) is 5.39. The molecule has 4 rings (SSSR count). The SMILES string of the molecule is CC1CCC2C(C1)C1C3CCCCC3CC1N2[Si](C)(C)NC(C)(C)C. The summed E-state index contributed by atoms with van der Waals surface area (Å²) in [5.74, 6) is 5.14. The van der Waals surface area contributed by atoms with Gasteiger partial charge in [0.15, 0.2) is 8.40 Å². The van der Waals surface area contributed by atoms with Crippen LogP contribution in [0, 0.1) is 29.6 Å². The van der Waals surface area contributed by atoms with E-state index in [9.17, 15) is 0 Å². The molecule has 1 aliphatic heterocycles. The zero-order valence-corrected chi connectivity index (χ0v) is 18.6. The lowest BCUT2D eigenvalue weighted by Gasteiger charge is -2.48. The van der Waals surface area contributed by atoms with Crippen molar-refractivity contribution in [1.29, 1.82) is 0 Å². The summed E-state index contributed by atoms with van der Waals surface area (Å²) in [4.78, 5) is 4.14. The average molecular weight is 363 g/mol. The number of nitrogens with zero attached hydrogens (tertiary/aromatic N) is 1. The molecule has 0 amide bonds. The summed E-state index contributed by atoms with van der Waals surface area (Å²) in [5, 5.41) is 0. The summed E-state index contributed by atoms with van der Waals surface area (Å²) in [6.07, 6.45) is 12.1. The van der Waals surface area contributed by atoms with Crippen molar-refractivity contribution in [3.8, 4) is 0 Å². The van der Waals surface area contributed by atoms with Gasteiger partial charge in [0.05, 0.1) is 0 Å². The molecule has 144 valence electrons. The van der Waals surface area contributed by atoms with Gasteiger partial charge in [-0.15, -0.1) is 0 Å². The number of hydrogen-bond donors (Lipinski definition) is 1. The zero-order valence-electron chi connectivity index (χ0n) is 17.6. The Hall–Kier alpha value is 0.137. The number of nitrogens with one attached hydrogen (secondary N) is 1. The molecule has 1 saturated heterocycles. The minimum absolute atomic E-state index is 0.233. The fourth-order valence-corrected chi connectivity index (χ4v) is 12.1. The maximum atomic E-state index is 4.14. The third-order valence-electron chi connectivity index (χ3n) is 8.11. The largest absolute Gasteiger partial charge is 0.321 e. The molecular weight excluding hydrogens is 320 g/mol. The third kappa shape index (κ3) is 3.27. The second kappa shape index (κ2) is 6.34. The van der Waals surface area contributed by atoms with Gasteiger partial charge in [-0.2, -0.15) is 0 Å². The molecule has 4 fully saturated rings. The van der Waals surface area contributed by atoms with Crippen molar-refractivity contribution in [2.24, 2.45) is 29.6 Å². The summed E-state index contributed by atoms with van der Waals surface area (Å²) < 4.78 is 3.15. The highest BCUT2D eigenvalue weighted by molar-refractivity contribution is 6.72. The van der Waals surface area contributed by atoms with Crippen LogP contribution in [0.15, 0.2) is 0 Å². The lowest BCUT2D eigenvalue weighted by Crippen LogP contribution is -2.68. The van der Waals surface area contributed by atoms with E-state index in [0.29, 0.717) is 0 Å². The Morgan fingerprint density at radius 1 is 0.880 bits per heavy atom. The van der Waals surface area contributed by atoms with Gasteiger partial charge >= 0.3 is 0 Å². The highest BCUT2D eigenvalue weighted by Gasteiger charge is 2.61. The molecule has 7 atom stereocenters. The molecule has 3 aliphatic carbocycles. The summed E-state index contributed by atoms with van der Waals surface area (Å²) in [5.41, 5.74) is 0.233. The molecule has 7 unspecified atom stereocenters. The van der Waals surface area contributed by atoms with E-state index in [1.165, 1.54) is 44.9 Å². The first-order valence-electron chi connectivity index (χ1n) is 11.3. The van der Waals surface area contributed by atoms with Gasteiger partial charge in [-0.05, 0) is 95.6 Å². The van der Waals surface area contributed by atoms with E-state index >= 15 is 0 Å². The molecule has 3 saturated carbocycles. The van der Waals surface area contributed by atoms with E-state index in [0.717, 1.165) is 41.7 Å². The number of fused-ring (bicyclic) bond motifs is 5. The van der Waals surface area contributed by atoms with Gasteiger partial charge in [-0.25, -0.2) is 0 Å². The van der Waals surface area contributed by atoms with Crippen LogP contribution in [0.4, 0.5) is 0 Å². The standard InChI is InChI=1S/C22H42N2Si/c1-15-11-12-19-18(13-15)21-17-10-8-7-9-16(17)14-20(21)24(19)25(5,6)23-22(2,3)4/h15-21,23H,7-14H2,1-6H3. The van der Waals surface area contributed by atoms with Gasteiger partial charge in [0, 0.05) is 17.6 Å². The van der Waals surface area contributed by atoms with E-state index < -0.39 is 8.40 Å². The van der Waals surface area contributed by atoms with Crippen molar-refractivity contribution in [2.75, 3.05) is 0 Å². The molecule has 0 spiro atoms. The van der Waals surface area contributed by atoms with Crippen molar-refractivity contribution in [2.45, 2.75) is 110 Å². The van der Waals surface area contributed by atoms with Crippen LogP contribution in [0.2, 0.25) is 13.1 Å². The first kappa shape index (κ1) is 18.5. The lowest BCUT2D eigenvalue weighted by atomic mass is 9.68. The first-order valence-corrected chi connectivity index (χ1v) is 14.2. The van der Waals surface area contributed by atoms with Crippen LogP contribution in [0.5, 0.6) is 0 Å². The van der Waals surface area contributed by atoms with Gasteiger partial charge in [0.1, 0.15) is 0 Å². The maximum Gasteiger partial charge on any atom is 0.198 e. The number of rotatable bonds is 2. The molecule has 2 nitrogen and oxygen atoms in total. The summed E-state index contributed by atoms with van der Waals surface area (Å²) >= 11 is 0. The third-order valence-corrected chi connectivity index (χ3v) is 11.4. The Bertz CT molecular complexity index is 497. The monoisotopic (exact) mass is 362 g/mol. The summed E-state index contributed by atoms with van der Waals surface area (Å²) in [6.45, 7) is 14.8. The second-order valence-electron chi connectivity index (χ2n) is 11.6. The molecule has 0 aromatic rings. The fourth-order valence-electron chi connectivity index (χ4n) is 7.92. The summed E-state index contributed by atoms with van der Waals surface area (Å²) in [7, 11) is -1.60. The van der Waals surface area contributed by atoms with Crippen molar-refractivity contribution < 1.29 is 0 Å². The van der Waals surface area contributed by atoms with Crippen molar-refractivity contribution in [1.82, 2.24) is 9.55 Å². The molecule has 0 radical (unpaired) electrons. The molecule has 0 bridgehead atoms. The van der Waals surface area contributed by atoms with E-state index in [4.69, 9.17) is 0 Å². The molecule has 25 heavy (non-hydrogen) atoms. The van der Waals surface area contributed by atoms with Gasteiger partial charge < -0.3 is 9.55 Å². The smallest absolute Gasteiger partial charge is 0.198 e. The quantitative estimate of drug-likeness (QED) is 0.662. The normalized spacial score (nSPS) is 45.1. The van der Waals surface area contributed by atoms with Crippen LogP contribution in [0.1, 0.15) is 79.1 Å². The van der Waals surface area contributed by atoms with Crippen molar-refractivity contribution >= 4 is 8.40 Å². The van der Waals surface area contributed by atoms with Gasteiger partial charge in [0.2, 0.25) is 0 Å². The zero-order chi connectivity index (χ0) is 18.0. The first-order chi connectivity index (χ1) is 11.7. The van der Waals surface area contributed by atoms with Crippen molar-refractivity contribution in [3.63, 3.8) is 0 Å². The molecule has 0 aromatic carbocycles. The Morgan fingerprint density at radius 3 is 2.32 bits per heavy atom. The lowest BCUT2D eigenvalue weighted by molar-refractivity contribution is 0.128. The second-order valence-corrected chi connectivity index (χ2v) is 15.5. The predicted molar refractivity (Wildman–Crippen MR) is 110 cm³/mol.